The van der Waals surface area contributed by atoms with Crippen LogP contribution in [0.15, 0.2) is 30.3 Å². The SMILES string of the molecule is CC(CC(CO)N1CCNCC1)c1ccccc1. The second-order valence-corrected chi connectivity index (χ2v) is 5.17. The smallest absolute Gasteiger partial charge is 0.0587 e. The molecule has 2 atom stereocenters. The summed E-state index contributed by atoms with van der Waals surface area (Å²) >= 11 is 0. The Morgan fingerprint density at radius 3 is 2.50 bits per heavy atom. The number of hydrogen-bond acceptors (Lipinski definition) is 3. The molecule has 1 aliphatic rings. The molecule has 1 aliphatic heterocycles. The maximum atomic E-state index is 9.61. The summed E-state index contributed by atoms with van der Waals surface area (Å²) < 4.78 is 0. The molecule has 2 N–H and O–H groups in total. The second kappa shape index (κ2) is 6.88. The van der Waals surface area contributed by atoms with Gasteiger partial charge in [0.1, 0.15) is 0 Å². The van der Waals surface area contributed by atoms with Gasteiger partial charge < -0.3 is 10.4 Å². The molecule has 3 nitrogen and oxygen atoms in total. The number of nitrogens with zero attached hydrogens (tertiary/aromatic N) is 1. The number of benzene rings is 1. The molecule has 0 saturated carbocycles. The first kappa shape index (κ1) is 13.5. The largest absolute Gasteiger partial charge is 0.395 e. The molecule has 1 aromatic carbocycles. The molecule has 0 aromatic heterocycles. The number of aliphatic hydroxyl groups is 1. The van der Waals surface area contributed by atoms with E-state index in [-0.39, 0.29) is 6.61 Å². The second-order valence-electron chi connectivity index (χ2n) is 5.17. The summed E-state index contributed by atoms with van der Waals surface area (Å²) in [5.41, 5.74) is 1.37. The van der Waals surface area contributed by atoms with E-state index in [2.05, 4.69) is 47.5 Å². The molecule has 1 fully saturated rings. The van der Waals surface area contributed by atoms with Crippen molar-refractivity contribution in [3.05, 3.63) is 35.9 Å². The third-order valence-electron chi connectivity index (χ3n) is 3.87. The van der Waals surface area contributed by atoms with Gasteiger partial charge in [0.25, 0.3) is 0 Å². The van der Waals surface area contributed by atoms with E-state index in [1.165, 1.54) is 5.56 Å². The molecule has 2 rings (SSSR count). The fraction of sp³-hybridized carbons (Fsp3) is 0.600. The van der Waals surface area contributed by atoms with Crippen molar-refractivity contribution >= 4 is 0 Å². The van der Waals surface area contributed by atoms with Gasteiger partial charge in [0.05, 0.1) is 6.61 Å². The Labute approximate surface area is 110 Å². The Kier molecular flexibility index (Phi) is 5.17. The fourth-order valence-electron chi connectivity index (χ4n) is 2.71. The lowest BCUT2D eigenvalue weighted by Crippen LogP contribution is -2.50. The third kappa shape index (κ3) is 3.55. The fourth-order valence-corrected chi connectivity index (χ4v) is 2.71. The average Bonchev–Trinajstić information content (AvgIpc) is 2.46. The van der Waals surface area contributed by atoms with Crippen molar-refractivity contribution in [2.45, 2.75) is 25.3 Å². The van der Waals surface area contributed by atoms with Crippen LogP contribution in [0.5, 0.6) is 0 Å². The number of hydrogen-bond donors (Lipinski definition) is 2. The highest BCUT2D eigenvalue weighted by Gasteiger charge is 2.22. The van der Waals surface area contributed by atoms with Crippen LogP contribution in [0, 0.1) is 0 Å². The summed E-state index contributed by atoms with van der Waals surface area (Å²) in [5.74, 6) is 0.498. The summed E-state index contributed by atoms with van der Waals surface area (Å²) in [5, 5.41) is 13.0. The zero-order chi connectivity index (χ0) is 12.8. The summed E-state index contributed by atoms with van der Waals surface area (Å²) in [4.78, 5) is 2.41. The van der Waals surface area contributed by atoms with E-state index in [1.807, 2.05) is 0 Å². The van der Waals surface area contributed by atoms with E-state index < -0.39 is 0 Å². The van der Waals surface area contributed by atoms with Crippen LogP contribution in [-0.4, -0.2) is 48.8 Å². The molecule has 0 bridgehead atoms. The first-order valence-electron chi connectivity index (χ1n) is 6.92. The Balaban J connectivity index is 1.93. The van der Waals surface area contributed by atoms with Crippen LogP contribution in [0.3, 0.4) is 0 Å². The summed E-state index contributed by atoms with van der Waals surface area (Å²) in [6, 6.07) is 10.9. The minimum Gasteiger partial charge on any atom is -0.395 e. The van der Waals surface area contributed by atoms with Gasteiger partial charge in [-0.2, -0.15) is 0 Å². The quantitative estimate of drug-likeness (QED) is 0.828. The van der Waals surface area contributed by atoms with Gasteiger partial charge in [-0.05, 0) is 17.9 Å². The molecule has 0 spiro atoms. The highest BCUT2D eigenvalue weighted by Crippen LogP contribution is 2.22. The van der Waals surface area contributed by atoms with Crippen molar-refractivity contribution < 1.29 is 5.11 Å². The van der Waals surface area contributed by atoms with Crippen molar-refractivity contribution in [3.8, 4) is 0 Å². The molecule has 100 valence electrons. The number of aliphatic hydroxyl groups excluding tert-OH is 1. The van der Waals surface area contributed by atoms with Crippen LogP contribution in [0.2, 0.25) is 0 Å². The van der Waals surface area contributed by atoms with E-state index in [4.69, 9.17) is 0 Å². The van der Waals surface area contributed by atoms with E-state index in [9.17, 15) is 5.11 Å². The molecule has 0 radical (unpaired) electrons. The van der Waals surface area contributed by atoms with Gasteiger partial charge in [0.15, 0.2) is 0 Å². The predicted octanol–water partition coefficient (Wildman–Crippen LogP) is 1.45. The Morgan fingerprint density at radius 2 is 1.89 bits per heavy atom. The lowest BCUT2D eigenvalue weighted by molar-refractivity contribution is 0.100. The highest BCUT2D eigenvalue weighted by atomic mass is 16.3. The van der Waals surface area contributed by atoms with Gasteiger partial charge in [0.2, 0.25) is 0 Å². The molecule has 0 aliphatic carbocycles. The monoisotopic (exact) mass is 248 g/mol. The summed E-state index contributed by atoms with van der Waals surface area (Å²) in [7, 11) is 0. The maximum Gasteiger partial charge on any atom is 0.0587 e. The van der Waals surface area contributed by atoms with Crippen molar-refractivity contribution in [2.24, 2.45) is 0 Å². The minimum atomic E-state index is 0.261. The standard InChI is InChI=1S/C15H24N2O/c1-13(14-5-3-2-4-6-14)11-15(12-18)17-9-7-16-8-10-17/h2-6,13,15-16,18H,7-12H2,1H3. The molecule has 18 heavy (non-hydrogen) atoms. The normalized spacial score (nSPS) is 20.6. The number of nitrogens with one attached hydrogen (secondary N) is 1. The van der Waals surface area contributed by atoms with Crippen LogP contribution in [0.25, 0.3) is 0 Å². The summed E-state index contributed by atoms with van der Waals surface area (Å²) in [6.45, 7) is 6.68. The number of rotatable bonds is 5. The molecule has 1 heterocycles. The van der Waals surface area contributed by atoms with Crippen LogP contribution >= 0.6 is 0 Å². The Morgan fingerprint density at radius 1 is 1.22 bits per heavy atom. The predicted molar refractivity (Wildman–Crippen MR) is 74.8 cm³/mol. The van der Waals surface area contributed by atoms with Crippen LogP contribution in [0.1, 0.15) is 24.8 Å². The molecule has 1 saturated heterocycles. The van der Waals surface area contributed by atoms with E-state index in [0.717, 1.165) is 32.6 Å². The molecular weight excluding hydrogens is 224 g/mol. The van der Waals surface area contributed by atoms with E-state index in [1.54, 1.807) is 0 Å². The Bertz CT molecular complexity index is 336. The van der Waals surface area contributed by atoms with Crippen molar-refractivity contribution in [1.82, 2.24) is 10.2 Å². The molecule has 0 amide bonds. The molecule has 1 aromatic rings. The zero-order valence-electron chi connectivity index (χ0n) is 11.2. The van der Waals surface area contributed by atoms with Gasteiger partial charge in [-0.25, -0.2) is 0 Å². The van der Waals surface area contributed by atoms with Crippen molar-refractivity contribution in [1.29, 1.82) is 0 Å². The van der Waals surface area contributed by atoms with Gasteiger partial charge in [-0.15, -0.1) is 0 Å². The van der Waals surface area contributed by atoms with Crippen molar-refractivity contribution in [3.63, 3.8) is 0 Å². The summed E-state index contributed by atoms with van der Waals surface area (Å²) in [6.07, 6.45) is 1.03. The first-order chi connectivity index (χ1) is 8.81. The van der Waals surface area contributed by atoms with Gasteiger partial charge in [-0.1, -0.05) is 37.3 Å². The van der Waals surface area contributed by atoms with Gasteiger partial charge in [-0.3, -0.25) is 4.90 Å². The average molecular weight is 248 g/mol. The highest BCUT2D eigenvalue weighted by molar-refractivity contribution is 5.18. The molecule has 2 unspecified atom stereocenters. The Hall–Kier alpha value is -0.900. The third-order valence-corrected chi connectivity index (χ3v) is 3.87. The molecule has 3 heteroatoms. The lowest BCUT2D eigenvalue weighted by atomic mass is 9.93. The van der Waals surface area contributed by atoms with Gasteiger partial charge >= 0.3 is 0 Å². The number of piperazine rings is 1. The van der Waals surface area contributed by atoms with Crippen LogP contribution < -0.4 is 5.32 Å². The van der Waals surface area contributed by atoms with E-state index in [0.29, 0.717) is 12.0 Å². The van der Waals surface area contributed by atoms with Crippen LogP contribution in [-0.2, 0) is 0 Å². The first-order valence-corrected chi connectivity index (χ1v) is 6.92. The minimum absolute atomic E-state index is 0.261. The van der Waals surface area contributed by atoms with Crippen molar-refractivity contribution in [2.75, 3.05) is 32.8 Å². The lowest BCUT2D eigenvalue weighted by Gasteiger charge is -2.35. The van der Waals surface area contributed by atoms with Gasteiger partial charge in [0, 0.05) is 32.2 Å². The maximum absolute atomic E-state index is 9.61. The van der Waals surface area contributed by atoms with Crippen LogP contribution in [0.4, 0.5) is 0 Å². The topological polar surface area (TPSA) is 35.5 Å². The van der Waals surface area contributed by atoms with E-state index >= 15 is 0 Å². The molecular formula is C15H24N2O. The zero-order valence-corrected chi connectivity index (χ0v) is 11.2.